The monoisotopic (exact) mass is 269 g/mol. The van der Waals surface area contributed by atoms with Crippen LogP contribution in [0.1, 0.15) is 12.8 Å². The Kier molecular flexibility index (Phi) is 3.26. The second-order valence-electron chi connectivity index (χ2n) is 4.31. The number of hydrogen-bond acceptors (Lipinski definition) is 3. The van der Waals surface area contributed by atoms with Crippen molar-refractivity contribution in [1.82, 2.24) is 4.98 Å². The zero-order valence-corrected chi connectivity index (χ0v) is 10.4. The molecule has 1 aliphatic carbocycles. The average Bonchev–Trinajstić information content (AvgIpc) is 2.16. The standard InChI is InChI=1S/C11H16BrN3/c1-15(7-8-4-10(13)5-8)11-3-2-9(12)6-14-11/h2-3,6,8,10H,4-5,7,13H2,1H3. The van der Waals surface area contributed by atoms with Crippen LogP contribution in [-0.4, -0.2) is 24.6 Å². The van der Waals surface area contributed by atoms with E-state index in [-0.39, 0.29) is 0 Å². The highest BCUT2D eigenvalue weighted by Gasteiger charge is 2.26. The molecule has 1 aromatic heterocycles. The number of halogens is 1. The maximum Gasteiger partial charge on any atom is 0.128 e. The van der Waals surface area contributed by atoms with Gasteiger partial charge in [-0.15, -0.1) is 0 Å². The van der Waals surface area contributed by atoms with E-state index < -0.39 is 0 Å². The van der Waals surface area contributed by atoms with Crippen LogP contribution in [0.3, 0.4) is 0 Å². The second kappa shape index (κ2) is 4.49. The maximum absolute atomic E-state index is 5.76. The molecule has 0 saturated heterocycles. The lowest BCUT2D eigenvalue weighted by molar-refractivity contribution is 0.270. The minimum atomic E-state index is 0.432. The summed E-state index contributed by atoms with van der Waals surface area (Å²) < 4.78 is 1.02. The molecular formula is C11H16BrN3. The summed E-state index contributed by atoms with van der Waals surface area (Å²) in [4.78, 5) is 6.55. The van der Waals surface area contributed by atoms with E-state index >= 15 is 0 Å². The van der Waals surface area contributed by atoms with Gasteiger partial charge in [0.1, 0.15) is 5.82 Å². The summed E-state index contributed by atoms with van der Waals surface area (Å²) in [6.45, 7) is 1.06. The fourth-order valence-corrected chi connectivity index (χ4v) is 2.25. The van der Waals surface area contributed by atoms with Gasteiger partial charge in [-0.05, 0) is 46.8 Å². The van der Waals surface area contributed by atoms with E-state index in [0.29, 0.717) is 6.04 Å². The normalized spacial score (nSPS) is 24.7. The van der Waals surface area contributed by atoms with Crippen LogP contribution in [0.15, 0.2) is 22.8 Å². The van der Waals surface area contributed by atoms with Gasteiger partial charge in [0.25, 0.3) is 0 Å². The van der Waals surface area contributed by atoms with Gasteiger partial charge in [0.05, 0.1) is 0 Å². The number of anilines is 1. The number of pyridine rings is 1. The minimum Gasteiger partial charge on any atom is -0.359 e. The Balaban J connectivity index is 1.90. The van der Waals surface area contributed by atoms with Gasteiger partial charge < -0.3 is 10.6 Å². The van der Waals surface area contributed by atoms with Crippen molar-refractivity contribution in [3.05, 3.63) is 22.8 Å². The van der Waals surface area contributed by atoms with Gasteiger partial charge in [-0.25, -0.2) is 4.98 Å². The lowest BCUT2D eigenvalue weighted by atomic mass is 9.81. The van der Waals surface area contributed by atoms with E-state index in [4.69, 9.17) is 5.73 Å². The Bertz CT molecular complexity index is 319. The van der Waals surface area contributed by atoms with Gasteiger partial charge in [0, 0.05) is 30.3 Å². The van der Waals surface area contributed by atoms with Crippen LogP contribution in [0.5, 0.6) is 0 Å². The molecule has 1 aliphatic rings. The van der Waals surface area contributed by atoms with Crippen LogP contribution in [0.25, 0.3) is 0 Å². The van der Waals surface area contributed by atoms with E-state index in [1.165, 1.54) is 0 Å². The molecule has 2 rings (SSSR count). The van der Waals surface area contributed by atoms with E-state index in [1.54, 1.807) is 0 Å². The van der Waals surface area contributed by atoms with Crippen LogP contribution >= 0.6 is 15.9 Å². The third kappa shape index (κ3) is 2.69. The Morgan fingerprint density at radius 1 is 1.53 bits per heavy atom. The molecule has 82 valence electrons. The zero-order valence-electron chi connectivity index (χ0n) is 8.86. The molecule has 0 amide bonds. The highest BCUT2D eigenvalue weighted by molar-refractivity contribution is 9.10. The summed E-state index contributed by atoms with van der Waals surface area (Å²) in [6, 6.07) is 4.48. The molecule has 1 heterocycles. The lowest BCUT2D eigenvalue weighted by Gasteiger charge is -2.35. The topological polar surface area (TPSA) is 42.1 Å². The minimum absolute atomic E-state index is 0.432. The van der Waals surface area contributed by atoms with Crippen LogP contribution in [0.4, 0.5) is 5.82 Å². The van der Waals surface area contributed by atoms with Crippen LogP contribution in [-0.2, 0) is 0 Å². The number of rotatable bonds is 3. The predicted molar refractivity (Wildman–Crippen MR) is 65.9 cm³/mol. The van der Waals surface area contributed by atoms with Gasteiger partial charge in [-0.2, -0.15) is 0 Å². The molecule has 1 fully saturated rings. The van der Waals surface area contributed by atoms with Gasteiger partial charge in [0.15, 0.2) is 0 Å². The third-order valence-corrected chi connectivity index (χ3v) is 3.38. The van der Waals surface area contributed by atoms with E-state index in [9.17, 15) is 0 Å². The molecule has 0 radical (unpaired) electrons. The molecule has 0 unspecified atom stereocenters. The first-order valence-electron chi connectivity index (χ1n) is 5.23. The van der Waals surface area contributed by atoms with Crippen molar-refractivity contribution in [2.75, 3.05) is 18.5 Å². The van der Waals surface area contributed by atoms with Crippen molar-refractivity contribution in [2.24, 2.45) is 11.7 Å². The first kappa shape index (κ1) is 10.9. The largest absolute Gasteiger partial charge is 0.359 e. The fourth-order valence-electron chi connectivity index (χ4n) is 2.01. The number of nitrogens with two attached hydrogens (primary N) is 1. The summed E-state index contributed by atoms with van der Waals surface area (Å²) in [5.74, 6) is 1.77. The van der Waals surface area contributed by atoms with E-state index in [2.05, 4.69) is 32.9 Å². The zero-order chi connectivity index (χ0) is 10.8. The van der Waals surface area contributed by atoms with Crippen LogP contribution in [0.2, 0.25) is 0 Å². The summed E-state index contributed by atoms with van der Waals surface area (Å²) in [6.07, 6.45) is 4.14. The first-order chi connectivity index (χ1) is 7.15. The number of hydrogen-bond donors (Lipinski definition) is 1. The molecule has 0 atom stereocenters. The van der Waals surface area contributed by atoms with Crippen molar-refractivity contribution in [3.63, 3.8) is 0 Å². The molecule has 2 N–H and O–H groups in total. The Morgan fingerprint density at radius 3 is 2.80 bits per heavy atom. The van der Waals surface area contributed by atoms with Gasteiger partial charge >= 0.3 is 0 Å². The quantitative estimate of drug-likeness (QED) is 0.913. The Morgan fingerprint density at radius 2 is 2.27 bits per heavy atom. The third-order valence-electron chi connectivity index (χ3n) is 2.91. The highest BCUT2D eigenvalue weighted by Crippen LogP contribution is 2.27. The molecule has 1 saturated carbocycles. The second-order valence-corrected chi connectivity index (χ2v) is 5.23. The molecule has 0 aromatic carbocycles. The maximum atomic E-state index is 5.76. The molecule has 0 bridgehead atoms. The first-order valence-corrected chi connectivity index (χ1v) is 6.02. The summed E-state index contributed by atoms with van der Waals surface area (Å²) in [5, 5.41) is 0. The smallest absolute Gasteiger partial charge is 0.128 e. The molecular weight excluding hydrogens is 254 g/mol. The lowest BCUT2D eigenvalue weighted by Crippen LogP contribution is -2.42. The predicted octanol–water partition coefficient (Wildman–Crippen LogP) is 2.02. The van der Waals surface area contributed by atoms with Gasteiger partial charge in [-0.1, -0.05) is 0 Å². The van der Waals surface area contributed by atoms with Crippen molar-refractivity contribution in [3.8, 4) is 0 Å². The van der Waals surface area contributed by atoms with E-state index in [0.717, 1.165) is 35.6 Å². The van der Waals surface area contributed by atoms with E-state index in [1.807, 2.05) is 18.3 Å². The Labute approximate surface area is 98.8 Å². The SMILES string of the molecule is CN(CC1CC(N)C1)c1ccc(Br)cn1. The van der Waals surface area contributed by atoms with Crippen LogP contribution < -0.4 is 10.6 Å². The van der Waals surface area contributed by atoms with Gasteiger partial charge in [0.2, 0.25) is 0 Å². The fraction of sp³-hybridized carbons (Fsp3) is 0.545. The van der Waals surface area contributed by atoms with Crippen molar-refractivity contribution >= 4 is 21.7 Å². The molecule has 0 aliphatic heterocycles. The summed E-state index contributed by atoms with van der Waals surface area (Å²) >= 11 is 3.38. The average molecular weight is 270 g/mol. The number of nitrogens with zero attached hydrogens (tertiary/aromatic N) is 2. The summed E-state index contributed by atoms with van der Waals surface area (Å²) in [5.41, 5.74) is 5.76. The van der Waals surface area contributed by atoms with Crippen molar-refractivity contribution in [2.45, 2.75) is 18.9 Å². The van der Waals surface area contributed by atoms with Gasteiger partial charge in [-0.3, -0.25) is 0 Å². The van der Waals surface area contributed by atoms with Crippen LogP contribution in [0, 0.1) is 5.92 Å². The van der Waals surface area contributed by atoms with Crippen molar-refractivity contribution < 1.29 is 0 Å². The molecule has 4 heteroatoms. The molecule has 15 heavy (non-hydrogen) atoms. The molecule has 0 spiro atoms. The summed E-state index contributed by atoms with van der Waals surface area (Å²) in [7, 11) is 2.08. The molecule has 3 nitrogen and oxygen atoms in total. The highest BCUT2D eigenvalue weighted by atomic mass is 79.9. The molecule has 1 aromatic rings. The number of aromatic nitrogens is 1. The Hall–Kier alpha value is -0.610. The van der Waals surface area contributed by atoms with Crippen molar-refractivity contribution in [1.29, 1.82) is 0 Å².